The number of rotatable bonds is 9. The second kappa shape index (κ2) is 11.5. The van der Waals surface area contributed by atoms with E-state index in [4.69, 9.17) is 4.74 Å². The van der Waals surface area contributed by atoms with E-state index in [1.54, 1.807) is 36.6 Å². The molecule has 2 aliphatic heterocycles. The molecule has 1 amide bonds. The van der Waals surface area contributed by atoms with Gasteiger partial charge in [0.05, 0.1) is 53.9 Å². The van der Waals surface area contributed by atoms with Gasteiger partial charge in [0, 0.05) is 39.4 Å². The van der Waals surface area contributed by atoms with Crippen LogP contribution in [0.2, 0.25) is 0 Å². The number of carbonyl (C=O) groups is 1. The van der Waals surface area contributed by atoms with Crippen molar-refractivity contribution in [3.8, 4) is 0 Å². The Kier molecular flexibility index (Phi) is 7.75. The number of fused-ring (bicyclic) bond motifs is 1. The molecule has 0 spiro atoms. The van der Waals surface area contributed by atoms with Gasteiger partial charge in [-0.2, -0.15) is 10.1 Å². The van der Waals surface area contributed by atoms with Gasteiger partial charge in [0.15, 0.2) is 5.82 Å². The van der Waals surface area contributed by atoms with Gasteiger partial charge in [-0.25, -0.2) is 15.0 Å². The molecule has 5 rings (SSSR count). The van der Waals surface area contributed by atoms with Crippen LogP contribution in [0.1, 0.15) is 36.7 Å². The van der Waals surface area contributed by atoms with Crippen LogP contribution in [-0.4, -0.2) is 75.3 Å². The van der Waals surface area contributed by atoms with Crippen molar-refractivity contribution in [2.24, 2.45) is 0 Å². The highest BCUT2D eigenvalue weighted by molar-refractivity contribution is 6.30. The predicted octanol–water partition coefficient (Wildman–Crippen LogP) is 2.04. The minimum Gasteiger partial charge on any atom is -0.383 e. The number of anilines is 5. The summed E-state index contributed by atoms with van der Waals surface area (Å²) in [7, 11) is 3.56. The topological polar surface area (TPSA) is 137 Å². The monoisotopic (exact) mass is 520 g/mol. The third kappa shape index (κ3) is 6.06. The van der Waals surface area contributed by atoms with Crippen molar-refractivity contribution in [2.75, 3.05) is 54.8 Å². The summed E-state index contributed by atoms with van der Waals surface area (Å²) in [4.78, 5) is 26.2. The fourth-order valence-corrected chi connectivity index (χ4v) is 4.50. The maximum Gasteiger partial charge on any atom is 0.312 e. The Hall–Kier alpha value is -4.10. The van der Waals surface area contributed by atoms with Crippen LogP contribution < -0.4 is 26.4 Å². The van der Waals surface area contributed by atoms with Crippen molar-refractivity contribution in [1.29, 1.82) is 0 Å². The summed E-state index contributed by atoms with van der Waals surface area (Å²) >= 11 is 0. The van der Waals surface area contributed by atoms with Crippen LogP contribution in [-0.2, 0) is 16.1 Å². The van der Waals surface area contributed by atoms with Gasteiger partial charge in [0.25, 0.3) is 0 Å². The Morgan fingerprint density at radius 3 is 2.87 bits per heavy atom. The van der Waals surface area contributed by atoms with E-state index in [1.165, 1.54) is 6.42 Å². The lowest BCUT2D eigenvalue weighted by molar-refractivity contribution is -0.532. The highest BCUT2D eigenvalue weighted by Crippen LogP contribution is 2.32. The number of methoxy groups -OCH3 is 1. The highest BCUT2D eigenvalue weighted by Gasteiger charge is 2.29. The summed E-state index contributed by atoms with van der Waals surface area (Å²) in [5.41, 5.74) is 7.28. The first kappa shape index (κ1) is 25.5. The number of nitrogens with one attached hydrogen (secondary N) is 4. The smallest absolute Gasteiger partial charge is 0.312 e. The molecule has 1 saturated heterocycles. The van der Waals surface area contributed by atoms with Crippen molar-refractivity contribution in [3.63, 3.8) is 0 Å². The number of piperidine rings is 1. The van der Waals surface area contributed by atoms with Gasteiger partial charge in [-0.05, 0) is 19.4 Å². The standard InChI is InChI=1S/C25H33N11O2/c1-17-21(11-18(12-26-17)29-22(37)16-35-7-5-4-6-8-35)31-23-20-14-27-25(32-24(20)34(2)33-23)30-19-13-28-36(15-19)9-10-38-3/h11-16,23,33H,4-10H2,1-3H3,(H2-,27,29,30,31,32,37)/p+1. The van der Waals surface area contributed by atoms with Crippen LogP contribution in [0.4, 0.5) is 28.8 Å². The number of nitrogens with zero attached hydrogens (tertiary/aromatic N) is 7. The van der Waals surface area contributed by atoms with Crippen molar-refractivity contribution in [3.05, 3.63) is 42.1 Å². The summed E-state index contributed by atoms with van der Waals surface area (Å²) in [6, 6.07) is 1.89. The van der Waals surface area contributed by atoms with E-state index >= 15 is 0 Å². The molecule has 1 fully saturated rings. The van der Waals surface area contributed by atoms with E-state index in [1.807, 2.05) is 31.2 Å². The van der Waals surface area contributed by atoms with Crippen LogP contribution in [0, 0.1) is 6.92 Å². The molecular formula is C25H34N11O2+. The second-order valence-electron chi connectivity index (χ2n) is 9.42. The molecule has 5 heterocycles. The lowest BCUT2D eigenvalue weighted by Crippen LogP contribution is -2.34. The number of hydrazine groups is 1. The molecule has 2 aliphatic rings. The summed E-state index contributed by atoms with van der Waals surface area (Å²) in [5, 5.41) is 15.8. The summed E-state index contributed by atoms with van der Waals surface area (Å²) in [6.45, 7) is 5.01. The minimum absolute atomic E-state index is 0.148. The van der Waals surface area contributed by atoms with Gasteiger partial charge in [-0.1, -0.05) is 0 Å². The highest BCUT2D eigenvalue weighted by atomic mass is 16.5. The maximum atomic E-state index is 12.5. The minimum atomic E-state index is -0.271. The van der Waals surface area contributed by atoms with Gasteiger partial charge < -0.3 is 20.7 Å². The number of hydrogen-bond acceptors (Lipinski definition) is 10. The van der Waals surface area contributed by atoms with Gasteiger partial charge in [0.1, 0.15) is 19.3 Å². The average molecular weight is 521 g/mol. The molecule has 0 bridgehead atoms. The number of amides is 1. The number of carbonyl (C=O) groups excluding carboxylic acids is 1. The van der Waals surface area contributed by atoms with E-state index < -0.39 is 0 Å². The molecule has 1 unspecified atom stereocenters. The molecule has 0 saturated carbocycles. The molecule has 38 heavy (non-hydrogen) atoms. The molecule has 13 nitrogen and oxygen atoms in total. The Morgan fingerprint density at radius 2 is 2.05 bits per heavy atom. The number of aryl methyl sites for hydroxylation is 1. The molecule has 13 heteroatoms. The van der Waals surface area contributed by atoms with E-state index in [9.17, 15) is 4.79 Å². The first-order valence-corrected chi connectivity index (χ1v) is 12.8. The summed E-state index contributed by atoms with van der Waals surface area (Å²) in [6.07, 6.45) is 11.9. The molecule has 200 valence electrons. The summed E-state index contributed by atoms with van der Waals surface area (Å²) in [5.74, 6) is 1.07. The molecule has 3 aromatic rings. The predicted molar refractivity (Wildman–Crippen MR) is 145 cm³/mol. The van der Waals surface area contributed by atoms with Crippen LogP contribution >= 0.6 is 0 Å². The summed E-state index contributed by atoms with van der Waals surface area (Å²) < 4.78 is 8.97. The molecule has 1 atom stereocenters. The van der Waals surface area contributed by atoms with E-state index in [2.05, 4.69) is 46.0 Å². The molecule has 0 radical (unpaired) electrons. The van der Waals surface area contributed by atoms with Crippen LogP contribution in [0.25, 0.3) is 0 Å². The van der Waals surface area contributed by atoms with Gasteiger partial charge >= 0.3 is 5.91 Å². The molecule has 0 aliphatic carbocycles. The molecule has 3 aromatic heterocycles. The zero-order valence-electron chi connectivity index (χ0n) is 21.9. The molecular weight excluding hydrogens is 486 g/mol. The first-order valence-electron chi connectivity index (χ1n) is 12.8. The number of ether oxygens (including phenoxy) is 1. The lowest BCUT2D eigenvalue weighted by Gasteiger charge is -2.18. The fraction of sp³-hybridized carbons (Fsp3) is 0.440. The van der Waals surface area contributed by atoms with Crippen molar-refractivity contribution in [2.45, 2.75) is 38.9 Å². The number of hydrogen-bond donors (Lipinski definition) is 4. The van der Waals surface area contributed by atoms with Crippen LogP contribution in [0.15, 0.2) is 30.9 Å². The van der Waals surface area contributed by atoms with E-state index in [-0.39, 0.29) is 12.1 Å². The Morgan fingerprint density at radius 1 is 1.21 bits per heavy atom. The van der Waals surface area contributed by atoms with Crippen molar-refractivity contribution in [1.82, 2.24) is 30.2 Å². The van der Waals surface area contributed by atoms with Gasteiger partial charge in [0.2, 0.25) is 12.2 Å². The van der Waals surface area contributed by atoms with Crippen LogP contribution in [0.5, 0.6) is 0 Å². The fourth-order valence-electron chi connectivity index (χ4n) is 4.50. The quantitative estimate of drug-likeness (QED) is 0.310. The van der Waals surface area contributed by atoms with Crippen molar-refractivity contribution < 1.29 is 14.1 Å². The molecule has 0 aromatic carbocycles. The molecule has 4 N–H and O–H groups in total. The first-order chi connectivity index (χ1) is 18.5. The van der Waals surface area contributed by atoms with E-state index in [0.29, 0.717) is 24.8 Å². The largest absolute Gasteiger partial charge is 0.383 e. The van der Waals surface area contributed by atoms with Gasteiger partial charge in [-0.15, -0.1) is 0 Å². The Bertz CT molecular complexity index is 1310. The van der Waals surface area contributed by atoms with Crippen molar-refractivity contribution >= 4 is 41.0 Å². The maximum absolute atomic E-state index is 12.5. The third-order valence-corrected chi connectivity index (χ3v) is 6.51. The second-order valence-corrected chi connectivity index (χ2v) is 9.42. The SMILES string of the molecule is COCCn1cc(Nc2ncc3c(n2)N(C)NC3Nc2cc(NC(=O)C=[N+]3CCCCC3)cnc2C)cn1. The third-order valence-electron chi connectivity index (χ3n) is 6.51. The average Bonchev–Trinajstić information content (AvgIpc) is 3.48. The zero-order valence-corrected chi connectivity index (χ0v) is 21.9. The number of aromatic nitrogens is 5. The van der Waals surface area contributed by atoms with Crippen LogP contribution in [0.3, 0.4) is 0 Å². The number of pyridine rings is 1. The van der Waals surface area contributed by atoms with Gasteiger partial charge in [-0.3, -0.25) is 19.5 Å². The zero-order chi connectivity index (χ0) is 26.5. The Balaban J connectivity index is 1.26. The Labute approximate surface area is 221 Å². The normalized spacial score (nSPS) is 16.8. The van der Waals surface area contributed by atoms with E-state index in [0.717, 1.165) is 54.4 Å². The lowest BCUT2D eigenvalue weighted by atomic mass is 10.2.